The zero-order chi connectivity index (χ0) is 18.7. The molecule has 7 heteroatoms. The average Bonchev–Trinajstić information content (AvgIpc) is 2.64. The maximum Gasteiger partial charge on any atom is 0.275 e. The maximum atomic E-state index is 13.1. The highest BCUT2D eigenvalue weighted by molar-refractivity contribution is 5.95. The van der Waals surface area contributed by atoms with E-state index in [1.807, 2.05) is 0 Å². The van der Waals surface area contributed by atoms with Crippen molar-refractivity contribution in [3.05, 3.63) is 52.2 Å². The van der Waals surface area contributed by atoms with Crippen molar-refractivity contribution in [3.8, 4) is 11.4 Å². The quantitative estimate of drug-likeness (QED) is 0.911. The third-order valence-electron chi connectivity index (χ3n) is 4.83. The zero-order valence-corrected chi connectivity index (χ0v) is 14.9. The van der Waals surface area contributed by atoms with Crippen LogP contribution in [0.25, 0.3) is 5.69 Å². The Balaban J connectivity index is 1.94. The number of amides is 1. The van der Waals surface area contributed by atoms with E-state index < -0.39 is 11.4 Å². The molecule has 1 aromatic carbocycles. The van der Waals surface area contributed by atoms with E-state index in [-0.39, 0.29) is 23.4 Å². The molecule has 1 fully saturated rings. The summed E-state index contributed by atoms with van der Waals surface area (Å²) in [5.41, 5.74) is -0.0515. The molecule has 2 aromatic rings. The largest absolute Gasteiger partial charge is 0.494 e. The number of hydrogen-bond acceptors (Lipinski definition) is 4. The van der Waals surface area contributed by atoms with E-state index in [0.29, 0.717) is 11.6 Å². The summed E-state index contributed by atoms with van der Waals surface area (Å²) in [4.78, 5) is 25.1. The number of carbonyl (C=O) groups is 1. The van der Waals surface area contributed by atoms with Gasteiger partial charge in [0.1, 0.15) is 5.82 Å². The normalized spacial score (nSPS) is 19.8. The van der Waals surface area contributed by atoms with E-state index >= 15 is 0 Å². The topological polar surface area (TPSA) is 73.2 Å². The van der Waals surface area contributed by atoms with E-state index in [1.165, 1.54) is 43.9 Å². The van der Waals surface area contributed by atoms with E-state index in [1.54, 1.807) is 0 Å². The molecular weight excluding hydrogens is 337 g/mol. The van der Waals surface area contributed by atoms with Crippen LogP contribution in [0.15, 0.2) is 35.1 Å². The second kappa shape index (κ2) is 7.68. The molecule has 1 saturated carbocycles. The van der Waals surface area contributed by atoms with Crippen molar-refractivity contribution in [1.82, 2.24) is 15.1 Å². The molecule has 0 bridgehead atoms. The Morgan fingerprint density at radius 3 is 2.62 bits per heavy atom. The third-order valence-corrected chi connectivity index (χ3v) is 4.83. The minimum Gasteiger partial charge on any atom is -0.494 e. The number of ether oxygens (including phenoxy) is 1. The van der Waals surface area contributed by atoms with Crippen molar-refractivity contribution in [2.24, 2.45) is 5.92 Å². The molecule has 0 spiro atoms. The highest BCUT2D eigenvalue weighted by Crippen LogP contribution is 2.24. The number of aromatic nitrogens is 2. The summed E-state index contributed by atoms with van der Waals surface area (Å²) in [6, 6.07) is 6.63. The lowest BCUT2D eigenvalue weighted by atomic mass is 9.86. The molecule has 1 aromatic heterocycles. The van der Waals surface area contributed by atoms with Gasteiger partial charge in [-0.25, -0.2) is 4.39 Å². The Labute approximate surface area is 151 Å². The lowest BCUT2D eigenvalue weighted by Crippen LogP contribution is -2.42. The number of carbonyl (C=O) groups excluding carboxylic acids is 1. The van der Waals surface area contributed by atoms with E-state index in [2.05, 4.69) is 17.3 Å². The fraction of sp³-hybridized carbons (Fsp3) is 0.421. The Morgan fingerprint density at radius 1 is 1.27 bits per heavy atom. The molecule has 1 aliphatic rings. The SMILES string of the molecule is COc1cc(=O)n(-c2ccc(F)cc2)nc1C(=O)N[C@H]1CCCC[C@H]1C. The minimum absolute atomic E-state index is 0.0363. The molecule has 1 heterocycles. The maximum absolute atomic E-state index is 13.1. The van der Waals surface area contributed by atoms with Gasteiger partial charge < -0.3 is 10.1 Å². The molecule has 26 heavy (non-hydrogen) atoms. The lowest BCUT2D eigenvalue weighted by molar-refractivity contribution is 0.0899. The second-order valence-electron chi connectivity index (χ2n) is 6.63. The van der Waals surface area contributed by atoms with Crippen LogP contribution in [-0.4, -0.2) is 28.8 Å². The fourth-order valence-corrected chi connectivity index (χ4v) is 3.29. The first-order valence-electron chi connectivity index (χ1n) is 8.74. The van der Waals surface area contributed by atoms with Crippen molar-refractivity contribution in [1.29, 1.82) is 0 Å². The molecule has 1 N–H and O–H groups in total. The van der Waals surface area contributed by atoms with Gasteiger partial charge in [-0.3, -0.25) is 9.59 Å². The number of nitrogens with one attached hydrogen (secondary N) is 1. The van der Waals surface area contributed by atoms with Crippen LogP contribution in [0.4, 0.5) is 4.39 Å². The zero-order valence-electron chi connectivity index (χ0n) is 14.9. The highest BCUT2D eigenvalue weighted by atomic mass is 19.1. The number of hydrogen-bond donors (Lipinski definition) is 1. The first-order chi connectivity index (χ1) is 12.5. The van der Waals surface area contributed by atoms with Crippen LogP contribution in [0.2, 0.25) is 0 Å². The smallest absolute Gasteiger partial charge is 0.275 e. The van der Waals surface area contributed by atoms with Gasteiger partial charge in [-0.05, 0) is 43.0 Å². The molecule has 1 amide bonds. The number of rotatable bonds is 4. The summed E-state index contributed by atoms with van der Waals surface area (Å²) < 4.78 is 19.4. The van der Waals surface area contributed by atoms with Gasteiger partial charge >= 0.3 is 0 Å². The predicted octanol–water partition coefficient (Wildman–Crippen LogP) is 2.69. The summed E-state index contributed by atoms with van der Waals surface area (Å²) in [5, 5.41) is 7.19. The summed E-state index contributed by atoms with van der Waals surface area (Å²) in [6.45, 7) is 2.12. The van der Waals surface area contributed by atoms with Crippen LogP contribution in [0.5, 0.6) is 5.75 Å². The first-order valence-corrected chi connectivity index (χ1v) is 8.74. The highest BCUT2D eigenvalue weighted by Gasteiger charge is 2.26. The lowest BCUT2D eigenvalue weighted by Gasteiger charge is -2.29. The Morgan fingerprint density at radius 2 is 1.96 bits per heavy atom. The van der Waals surface area contributed by atoms with Crippen molar-refractivity contribution < 1.29 is 13.9 Å². The molecule has 6 nitrogen and oxygen atoms in total. The van der Waals surface area contributed by atoms with Crippen molar-refractivity contribution in [2.75, 3.05) is 7.11 Å². The molecule has 0 radical (unpaired) electrons. The average molecular weight is 359 g/mol. The van der Waals surface area contributed by atoms with Crippen LogP contribution < -0.4 is 15.6 Å². The van der Waals surface area contributed by atoms with Gasteiger partial charge in [0.25, 0.3) is 11.5 Å². The summed E-state index contributed by atoms with van der Waals surface area (Å²) in [7, 11) is 1.39. The Bertz CT molecular complexity index is 848. The van der Waals surface area contributed by atoms with Gasteiger partial charge in [-0.15, -0.1) is 0 Å². The minimum atomic E-state index is -0.462. The van der Waals surface area contributed by atoms with Crippen molar-refractivity contribution in [3.63, 3.8) is 0 Å². The predicted molar refractivity (Wildman–Crippen MR) is 95.2 cm³/mol. The van der Waals surface area contributed by atoms with Gasteiger partial charge in [0, 0.05) is 6.04 Å². The number of methoxy groups -OCH3 is 1. The molecule has 3 rings (SSSR count). The molecule has 1 aliphatic carbocycles. The van der Waals surface area contributed by atoms with Gasteiger partial charge in [0.2, 0.25) is 0 Å². The van der Waals surface area contributed by atoms with E-state index in [9.17, 15) is 14.0 Å². The van der Waals surface area contributed by atoms with E-state index in [0.717, 1.165) is 23.9 Å². The van der Waals surface area contributed by atoms with Crippen LogP contribution in [0.1, 0.15) is 43.1 Å². The summed E-state index contributed by atoms with van der Waals surface area (Å²) in [5.74, 6) is -0.285. The number of benzene rings is 1. The second-order valence-corrected chi connectivity index (χ2v) is 6.63. The van der Waals surface area contributed by atoms with Crippen molar-refractivity contribution in [2.45, 2.75) is 38.6 Å². The van der Waals surface area contributed by atoms with Gasteiger partial charge in [0.15, 0.2) is 11.4 Å². The van der Waals surface area contributed by atoms with Gasteiger partial charge in [-0.1, -0.05) is 19.8 Å². The molecule has 138 valence electrons. The number of halogens is 1. The molecular formula is C19H22FN3O3. The van der Waals surface area contributed by atoms with Gasteiger partial charge in [0.05, 0.1) is 18.9 Å². The number of nitrogens with zero attached hydrogens (tertiary/aromatic N) is 2. The van der Waals surface area contributed by atoms with Crippen LogP contribution in [-0.2, 0) is 0 Å². The molecule has 2 atom stereocenters. The standard InChI is InChI=1S/C19H22FN3O3/c1-12-5-3-4-6-15(12)21-19(25)18-16(26-2)11-17(24)23(22-18)14-9-7-13(20)8-10-14/h7-12,15H,3-6H2,1-2H3,(H,21,25)/t12-,15+/m1/s1. The summed E-state index contributed by atoms with van der Waals surface area (Å²) >= 11 is 0. The fourth-order valence-electron chi connectivity index (χ4n) is 3.29. The Hall–Kier alpha value is -2.70. The molecule has 0 aliphatic heterocycles. The van der Waals surface area contributed by atoms with Crippen molar-refractivity contribution >= 4 is 5.91 Å². The van der Waals surface area contributed by atoms with Crippen LogP contribution in [0.3, 0.4) is 0 Å². The van der Waals surface area contributed by atoms with E-state index in [4.69, 9.17) is 4.74 Å². The van der Waals surface area contributed by atoms with Crippen LogP contribution in [0, 0.1) is 11.7 Å². The molecule has 0 saturated heterocycles. The summed E-state index contributed by atoms with van der Waals surface area (Å²) in [6.07, 6.45) is 4.25. The monoisotopic (exact) mass is 359 g/mol. The third kappa shape index (κ3) is 3.76. The van der Waals surface area contributed by atoms with Crippen LogP contribution >= 0.6 is 0 Å². The molecule has 0 unspecified atom stereocenters. The first kappa shape index (κ1) is 18.1. The van der Waals surface area contributed by atoms with Gasteiger partial charge in [-0.2, -0.15) is 9.78 Å². The Kier molecular flexibility index (Phi) is 5.35.